The highest BCUT2D eigenvalue weighted by Crippen LogP contribution is 2.39. The standard InChI is InChI=1S/C26H35NO/c28-26(15-7-10-22-8-3-1-4-9-22)16-18-27(19-17-26)21-23-13-14-25(20-23)24-11-5-2-6-12-24/h1-6,8-9,11-12,23,25,28H,7,10,13-21H2. The molecule has 150 valence electrons. The summed E-state index contributed by atoms with van der Waals surface area (Å²) in [4.78, 5) is 2.61. The van der Waals surface area contributed by atoms with Crippen LogP contribution in [0.4, 0.5) is 0 Å². The van der Waals surface area contributed by atoms with E-state index >= 15 is 0 Å². The lowest BCUT2D eigenvalue weighted by Crippen LogP contribution is -2.45. The molecule has 1 N–H and O–H groups in total. The maximum atomic E-state index is 11.0. The van der Waals surface area contributed by atoms with Gasteiger partial charge in [0.1, 0.15) is 0 Å². The summed E-state index contributed by atoms with van der Waals surface area (Å²) in [6.45, 7) is 3.35. The van der Waals surface area contributed by atoms with Gasteiger partial charge in [-0.1, -0.05) is 60.7 Å². The molecule has 1 saturated heterocycles. The molecule has 0 amide bonds. The first-order valence-electron chi connectivity index (χ1n) is 11.2. The van der Waals surface area contributed by atoms with Crippen LogP contribution >= 0.6 is 0 Å². The van der Waals surface area contributed by atoms with Gasteiger partial charge in [0.2, 0.25) is 0 Å². The van der Waals surface area contributed by atoms with E-state index in [9.17, 15) is 5.11 Å². The lowest BCUT2D eigenvalue weighted by Gasteiger charge is -2.39. The van der Waals surface area contributed by atoms with Crippen LogP contribution in [0.2, 0.25) is 0 Å². The molecule has 0 bridgehead atoms. The van der Waals surface area contributed by atoms with Gasteiger partial charge in [0.25, 0.3) is 0 Å². The van der Waals surface area contributed by atoms with Crippen LogP contribution in [0.1, 0.15) is 62.0 Å². The van der Waals surface area contributed by atoms with Crippen LogP contribution < -0.4 is 0 Å². The molecule has 1 aliphatic heterocycles. The van der Waals surface area contributed by atoms with Crippen molar-refractivity contribution in [1.29, 1.82) is 0 Å². The molecule has 1 aliphatic carbocycles. The van der Waals surface area contributed by atoms with Gasteiger partial charge in [0.15, 0.2) is 0 Å². The summed E-state index contributed by atoms with van der Waals surface area (Å²) >= 11 is 0. The molecule has 2 nitrogen and oxygen atoms in total. The van der Waals surface area contributed by atoms with Crippen LogP contribution in [0.15, 0.2) is 60.7 Å². The Balaban J connectivity index is 1.18. The van der Waals surface area contributed by atoms with Crippen LogP contribution in [0.25, 0.3) is 0 Å². The van der Waals surface area contributed by atoms with E-state index in [0.717, 1.165) is 57.0 Å². The molecule has 28 heavy (non-hydrogen) atoms. The highest BCUT2D eigenvalue weighted by Gasteiger charge is 2.34. The van der Waals surface area contributed by atoms with E-state index in [-0.39, 0.29) is 0 Å². The van der Waals surface area contributed by atoms with E-state index < -0.39 is 5.60 Å². The zero-order chi connectivity index (χ0) is 19.2. The van der Waals surface area contributed by atoms with Gasteiger partial charge in [0, 0.05) is 19.6 Å². The Morgan fingerprint density at radius 2 is 1.57 bits per heavy atom. The highest BCUT2D eigenvalue weighted by molar-refractivity contribution is 5.20. The fourth-order valence-corrected chi connectivity index (χ4v) is 5.30. The quantitative estimate of drug-likeness (QED) is 0.696. The molecule has 2 heteroatoms. The number of aryl methyl sites for hydroxylation is 1. The molecule has 2 aromatic carbocycles. The third kappa shape index (κ3) is 5.24. The van der Waals surface area contributed by atoms with Crippen LogP contribution in [-0.4, -0.2) is 35.2 Å². The zero-order valence-corrected chi connectivity index (χ0v) is 17.1. The number of hydrogen-bond donors (Lipinski definition) is 1. The Labute approximate surface area is 170 Å². The SMILES string of the molecule is OC1(CCCc2ccccc2)CCN(CC2CCC(c3ccccc3)C2)CC1. The minimum atomic E-state index is -0.437. The van der Waals surface area contributed by atoms with Crippen molar-refractivity contribution in [2.24, 2.45) is 5.92 Å². The predicted octanol–water partition coefficient (Wildman–Crippen LogP) is 5.42. The second-order valence-electron chi connectivity index (χ2n) is 9.15. The van der Waals surface area contributed by atoms with E-state index in [1.807, 2.05) is 0 Å². The van der Waals surface area contributed by atoms with Gasteiger partial charge >= 0.3 is 0 Å². The molecule has 0 aromatic heterocycles. The number of hydrogen-bond acceptors (Lipinski definition) is 2. The molecule has 2 fully saturated rings. The van der Waals surface area contributed by atoms with Crippen LogP contribution in [0, 0.1) is 5.92 Å². The minimum absolute atomic E-state index is 0.437. The van der Waals surface area contributed by atoms with Crippen LogP contribution in [0.5, 0.6) is 0 Å². The Morgan fingerprint density at radius 1 is 0.893 bits per heavy atom. The van der Waals surface area contributed by atoms with E-state index in [0.29, 0.717) is 0 Å². The number of likely N-dealkylation sites (tertiary alicyclic amines) is 1. The second kappa shape index (κ2) is 9.24. The summed E-state index contributed by atoms with van der Waals surface area (Å²) in [6, 6.07) is 21.7. The lowest BCUT2D eigenvalue weighted by atomic mass is 9.85. The zero-order valence-electron chi connectivity index (χ0n) is 17.1. The van der Waals surface area contributed by atoms with Crippen molar-refractivity contribution < 1.29 is 5.11 Å². The first-order chi connectivity index (χ1) is 13.7. The van der Waals surface area contributed by atoms with Gasteiger partial charge in [-0.05, 0) is 74.3 Å². The van der Waals surface area contributed by atoms with Gasteiger partial charge < -0.3 is 10.0 Å². The van der Waals surface area contributed by atoms with Gasteiger partial charge in [-0.15, -0.1) is 0 Å². The Hall–Kier alpha value is -1.64. The summed E-state index contributed by atoms with van der Waals surface area (Å²) in [5.41, 5.74) is 2.47. The van der Waals surface area contributed by atoms with Gasteiger partial charge in [-0.2, -0.15) is 0 Å². The van der Waals surface area contributed by atoms with E-state index in [1.54, 1.807) is 0 Å². The smallest absolute Gasteiger partial charge is 0.0672 e. The normalized spacial score (nSPS) is 25.0. The molecule has 0 radical (unpaired) electrons. The van der Waals surface area contributed by atoms with Crippen molar-refractivity contribution in [1.82, 2.24) is 4.90 Å². The number of benzene rings is 2. The average molecular weight is 378 g/mol. The number of piperidine rings is 1. The Bertz CT molecular complexity index is 706. The van der Waals surface area contributed by atoms with E-state index in [2.05, 4.69) is 65.6 Å². The molecule has 2 atom stereocenters. The molecular weight excluding hydrogens is 342 g/mol. The maximum absolute atomic E-state index is 11.0. The number of aliphatic hydroxyl groups is 1. The predicted molar refractivity (Wildman–Crippen MR) is 117 cm³/mol. The molecular formula is C26H35NO. The summed E-state index contributed by atoms with van der Waals surface area (Å²) in [6.07, 6.45) is 9.02. The summed E-state index contributed by atoms with van der Waals surface area (Å²) in [5, 5.41) is 11.0. The fourth-order valence-electron chi connectivity index (χ4n) is 5.30. The highest BCUT2D eigenvalue weighted by atomic mass is 16.3. The largest absolute Gasteiger partial charge is 0.390 e. The molecule has 0 spiro atoms. The van der Waals surface area contributed by atoms with Crippen molar-refractivity contribution in [3.8, 4) is 0 Å². The molecule has 1 heterocycles. The summed E-state index contributed by atoms with van der Waals surface area (Å²) in [5.74, 6) is 1.58. The third-order valence-corrected chi connectivity index (χ3v) is 7.07. The van der Waals surface area contributed by atoms with Crippen LogP contribution in [-0.2, 0) is 6.42 Å². The van der Waals surface area contributed by atoms with Crippen molar-refractivity contribution in [3.05, 3.63) is 71.8 Å². The van der Waals surface area contributed by atoms with Gasteiger partial charge in [0.05, 0.1) is 5.60 Å². The summed E-state index contributed by atoms with van der Waals surface area (Å²) < 4.78 is 0. The van der Waals surface area contributed by atoms with E-state index in [4.69, 9.17) is 0 Å². The van der Waals surface area contributed by atoms with Crippen molar-refractivity contribution in [3.63, 3.8) is 0 Å². The first-order valence-corrected chi connectivity index (χ1v) is 11.2. The number of nitrogens with zero attached hydrogens (tertiary/aromatic N) is 1. The summed E-state index contributed by atoms with van der Waals surface area (Å²) in [7, 11) is 0. The topological polar surface area (TPSA) is 23.5 Å². The average Bonchev–Trinajstić information content (AvgIpc) is 3.20. The molecule has 1 saturated carbocycles. The second-order valence-corrected chi connectivity index (χ2v) is 9.15. The molecule has 2 aliphatic rings. The van der Waals surface area contributed by atoms with Crippen molar-refractivity contribution in [2.75, 3.05) is 19.6 Å². The fraction of sp³-hybridized carbons (Fsp3) is 0.538. The van der Waals surface area contributed by atoms with Gasteiger partial charge in [-0.25, -0.2) is 0 Å². The lowest BCUT2D eigenvalue weighted by molar-refractivity contribution is -0.0314. The number of rotatable bonds is 7. The molecule has 2 unspecified atom stereocenters. The van der Waals surface area contributed by atoms with Crippen molar-refractivity contribution >= 4 is 0 Å². The van der Waals surface area contributed by atoms with Gasteiger partial charge in [-0.3, -0.25) is 0 Å². The first kappa shape index (κ1) is 19.7. The van der Waals surface area contributed by atoms with Crippen LogP contribution in [0.3, 0.4) is 0 Å². The third-order valence-electron chi connectivity index (χ3n) is 7.07. The van der Waals surface area contributed by atoms with E-state index in [1.165, 1.54) is 36.9 Å². The van der Waals surface area contributed by atoms with Crippen molar-refractivity contribution in [2.45, 2.75) is 62.9 Å². The molecule has 4 rings (SSSR count). The minimum Gasteiger partial charge on any atom is -0.390 e. The Kier molecular flexibility index (Phi) is 6.49. The maximum Gasteiger partial charge on any atom is 0.0672 e. The monoisotopic (exact) mass is 377 g/mol. The Morgan fingerprint density at radius 3 is 2.29 bits per heavy atom. The molecule has 2 aromatic rings.